The van der Waals surface area contributed by atoms with Gasteiger partial charge in [0.1, 0.15) is 5.75 Å². The minimum atomic E-state index is -0.202. The van der Waals surface area contributed by atoms with Gasteiger partial charge in [0.25, 0.3) is 11.5 Å². The Balaban J connectivity index is 1.70. The minimum Gasteiger partial charge on any atom is -0.493 e. The van der Waals surface area contributed by atoms with Crippen molar-refractivity contribution in [2.24, 2.45) is 0 Å². The molecule has 2 heterocycles. The Morgan fingerprint density at radius 3 is 2.80 bits per heavy atom. The Bertz CT molecular complexity index is 1020. The summed E-state index contributed by atoms with van der Waals surface area (Å²) in [6.45, 7) is 2.56. The summed E-state index contributed by atoms with van der Waals surface area (Å²) in [5, 5.41) is 4.25. The maximum atomic E-state index is 12.9. The average Bonchev–Trinajstić information content (AvgIpc) is 2.63. The van der Waals surface area contributed by atoms with Crippen molar-refractivity contribution in [3.05, 3.63) is 75.7 Å². The van der Waals surface area contributed by atoms with Gasteiger partial charge in [-0.15, -0.1) is 0 Å². The number of ether oxygens (including phenoxy) is 1. The predicted octanol–water partition coefficient (Wildman–Crippen LogP) is 3.09. The number of rotatable bonds is 2. The summed E-state index contributed by atoms with van der Waals surface area (Å²) in [4.78, 5) is 27.4. The maximum absolute atomic E-state index is 12.9. The lowest BCUT2D eigenvalue weighted by Crippen LogP contribution is -2.32. The number of H-pyrrole nitrogens is 1. The molecule has 0 radical (unpaired) electrons. The molecular formula is C20H18N2O3. The Morgan fingerprint density at radius 1 is 1.16 bits per heavy atom. The largest absolute Gasteiger partial charge is 0.493 e. The van der Waals surface area contributed by atoms with Crippen LogP contribution in [0.25, 0.3) is 10.8 Å². The van der Waals surface area contributed by atoms with Crippen molar-refractivity contribution in [2.45, 2.75) is 19.4 Å². The Labute approximate surface area is 144 Å². The number of fused-ring (bicyclic) bond motifs is 2. The lowest BCUT2D eigenvalue weighted by molar-refractivity contribution is 0.0926. The number of carbonyl (C=O) groups is 1. The van der Waals surface area contributed by atoms with Crippen LogP contribution in [0.2, 0.25) is 0 Å². The maximum Gasteiger partial charge on any atom is 0.255 e. The van der Waals surface area contributed by atoms with Crippen molar-refractivity contribution in [3.63, 3.8) is 0 Å². The molecule has 0 fully saturated rings. The fourth-order valence-corrected chi connectivity index (χ4v) is 3.36. The van der Waals surface area contributed by atoms with E-state index in [0.29, 0.717) is 29.4 Å². The van der Waals surface area contributed by atoms with E-state index in [0.717, 1.165) is 16.9 Å². The van der Waals surface area contributed by atoms with Gasteiger partial charge in [-0.3, -0.25) is 9.59 Å². The summed E-state index contributed by atoms with van der Waals surface area (Å²) in [6.07, 6.45) is 2.19. The van der Waals surface area contributed by atoms with Crippen LogP contribution in [-0.2, 0) is 0 Å². The van der Waals surface area contributed by atoms with E-state index in [2.05, 4.69) is 10.3 Å². The van der Waals surface area contributed by atoms with Gasteiger partial charge in [-0.1, -0.05) is 36.4 Å². The SMILES string of the molecule is Cc1cccc2c1OCC[C@H]2NC(=O)c1c[nH]c(=O)c2ccccc12. The highest BCUT2D eigenvalue weighted by molar-refractivity contribution is 6.06. The smallest absolute Gasteiger partial charge is 0.255 e. The normalized spacial score (nSPS) is 16.1. The number of para-hydroxylation sites is 1. The third kappa shape index (κ3) is 2.67. The third-order valence-corrected chi connectivity index (χ3v) is 4.63. The van der Waals surface area contributed by atoms with Gasteiger partial charge < -0.3 is 15.0 Å². The molecule has 5 nitrogen and oxygen atoms in total. The molecule has 2 N–H and O–H groups in total. The number of aromatic amines is 1. The fourth-order valence-electron chi connectivity index (χ4n) is 3.36. The lowest BCUT2D eigenvalue weighted by atomic mass is 9.97. The standard InChI is InChI=1S/C20H18N2O3/c1-12-5-4-8-15-17(9-10-25-18(12)15)22-20(24)16-11-21-19(23)14-7-3-2-6-13(14)16/h2-8,11,17H,9-10H2,1H3,(H,21,23)(H,22,24)/t17-/m1/s1. The number of hydrogen-bond acceptors (Lipinski definition) is 3. The zero-order chi connectivity index (χ0) is 17.4. The molecule has 5 heteroatoms. The molecule has 25 heavy (non-hydrogen) atoms. The molecule has 1 aliphatic heterocycles. The molecular weight excluding hydrogens is 316 g/mol. The molecule has 0 unspecified atom stereocenters. The number of aryl methyl sites for hydroxylation is 1. The van der Waals surface area contributed by atoms with Crippen molar-refractivity contribution >= 4 is 16.7 Å². The van der Waals surface area contributed by atoms with Gasteiger partial charge in [0.15, 0.2) is 0 Å². The first-order valence-corrected chi connectivity index (χ1v) is 8.29. The zero-order valence-corrected chi connectivity index (χ0v) is 13.8. The topological polar surface area (TPSA) is 71.2 Å². The predicted molar refractivity (Wildman–Crippen MR) is 96.1 cm³/mol. The van der Waals surface area contributed by atoms with E-state index in [9.17, 15) is 9.59 Å². The summed E-state index contributed by atoms with van der Waals surface area (Å²) >= 11 is 0. The summed E-state index contributed by atoms with van der Waals surface area (Å²) in [5.74, 6) is 0.650. The molecule has 1 aromatic heterocycles. The number of amides is 1. The van der Waals surface area contributed by atoms with Crippen LogP contribution in [0.3, 0.4) is 0 Å². The van der Waals surface area contributed by atoms with Crippen LogP contribution in [0.4, 0.5) is 0 Å². The van der Waals surface area contributed by atoms with E-state index in [4.69, 9.17) is 4.74 Å². The molecule has 0 aliphatic carbocycles. The first-order valence-electron chi connectivity index (χ1n) is 8.29. The number of pyridine rings is 1. The number of aromatic nitrogens is 1. The highest BCUT2D eigenvalue weighted by atomic mass is 16.5. The molecule has 1 amide bonds. The van der Waals surface area contributed by atoms with Crippen molar-refractivity contribution in [2.75, 3.05) is 6.61 Å². The van der Waals surface area contributed by atoms with E-state index in [1.54, 1.807) is 18.2 Å². The van der Waals surface area contributed by atoms with Crippen LogP contribution in [0.5, 0.6) is 5.75 Å². The van der Waals surface area contributed by atoms with E-state index >= 15 is 0 Å². The van der Waals surface area contributed by atoms with Crippen molar-refractivity contribution in [1.82, 2.24) is 10.3 Å². The summed E-state index contributed by atoms with van der Waals surface area (Å²) in [5.41, 5.74) is 2.33. The van der Waals surface area contributed by atoms with Crippen LogP contribution in [0.1, 0.15) is 33.9 Å². The second-order valence-electron chi connectivity index (χ2n) is 6.23. The monoisotopic (exact) mass is 334 g/mol. The van der Waals surface area contributed by atoms with Crippen LogP contribution in [0.15, 0.2) is 53.5 Å². The lowest BCUT2D eigenvalue weighted by Gasteiger charge is -2.28. The first kappa shape index (κ1) is 15.4. The molecule has 0 spiro atoms. The third-order valence-electron chi connectivity index (χ3n) is 4.63. The average molecular weight is 334 g/mol. The summed E-state index contributed by atoms with van der Waals surface area (Å²) in [6, 6.07) is 13.0. The number of nitrogens with one attached hydrogen (secondary N) is 2. The van der Waals surface area contributed by atoms with E-state index in [-0.39, 0.29) is 17.5 Å². The van der Waals surface area contributed by atoms with Crippen molar-refractivity contribution < 1.29 is 9.53 Å². The van der Waals surface area contributed by atoms with Gasteiger partial charge in [-0.2, -0.15) is 0 Å². The highest BCUT2D eigenvalue weighted by Crippen LogP contribution is 2.34. The quantitative estimate of drug-likeness (QED) is 0.756. The van der Waals surface area contributed by atoms with E-state index < -0.39 is 0 Å². The van der Waals surface area contributed by atoms with Crippen LogP contribution in [0, 0.1) is 6.92 Å². The van der Waals surface area contributed by atoms with Crippen LogP contribution in [-0.4, -0.2) is 17.5 Å². The molecule has 1 aliphatic rings. The van der Waals surface area contributed by atoms with Gasteiger partial charge in [-0.05, 0) is 18.6 Å². The van der Waals surface area contributed by atoms with Gasteiger partial charge in [0.05, 0.1) is 18.2 Å². The summed E-state index contributed by atoms with van der Waals surface area (Å²) in [7, 11) is 0. The second-order valence-corrected chi connectivity index (χ2v) is 6.23. The summed E-state index contributed by atoms with van der Waals surface area (Å²) < 4.78 is 5.76. The van der Waals surface area contributed by atoms with Crippen LogP contribution >= 0.6 is 0 Å². The van der Waals surface area contributed by atoms with Gasteiger partial charge in [0, 0.05) is 29.0 Å². The first-order chi connectivity index (χ1) is 12.1. The molecule has 2 aromatic carbocycles. The highest BCUT2D eigenvalue weighted by Gasteiger charge is 2.25. The van der Waals surface area contributed by atoms with Gasteiger partial charge >= 0.3 is 0 Å². The molecule has 3 aromatic rings. The zero-order valence-electron chi connectivity index (χ0n) is 13.8. The molecule has 0 saturated heterocycles. The Kier molecular flexibility index (Phi) is 3.76. The molecule has 4 rings (SSSR count). The van der Waals surface area contributed by atoms with Gasteiger partial charge in [-0.25, -0.2) is 0 Å². The van der Waals surface area contributed by atoms with Crippen LogP contribution < -0.4 is 15.6 Å². The second kappa shape index (κ2) is 6.09. The van der Waals surface area contributed by atoms with Gasteiger partial charge in [0.2, 0.25) is 0 Å². The number of carbonyl (C=O) groups excluding carboxylic acids is 1. The van der Waals surface area contributed by atoms with E-state index in [1.165, 1.54) is 6.20 Å². The fraction of sp³-hybridized carbons (Fsp3) is 0.200. The minimum absolute atomic E-state index is 0.109. The molecule has 1 atom stereocenters. The number of hydrogen-bond donors (Lipinski definition) is 2. The van der Waals surface area contributed by atoms with Crippen molar-refractivity contribution in [3.8, 4) is 5.75 Å². The molecule has 126 valence electrons. The number of benzene rings is 2. The Morgan fingerprint density at radius 2 is 1.96 bits per heavy atom. The molecule has 0 bridgehead atoms. The molecule has 0 saturated carbocycles. The van der Waals surface area contributed by atoms with E-state index in [1.807, 2.05) is 31.2 Å². The Hall–Kier alpha value is -3.08. The van der Waals surface area contributed by atoms with Crippen molar-refractivity contribution in [1.29, 1.82) is 0 Å².